The Hall–Kier alpha value is -2.49. The van der Waals surface area contributed by atoms with Crippen molar-refractivity contribution < 1.29 is 14.3 Å². The van der Waals surface area contributed by atoms with Crippen LogP contribution in [0.2, 0.25) is 0 Å². The Morgan fingerprint density at radius 2 is 1.88 bits per heavy atom. The molecule has 0 bridgehead atoms. The number of aryl methyl sites for hydroxylation is 1. The maximum Gasteiger partial charge on any atom is 0.251 e. The SMILES string of the molecule is CCCOc1ccc(C(=O)NCCCc2cccc(OC)c2)cc1. The Kier molecular flexibility index (Phi) is 7.15. The molecule has 0 aromatic heterocycles. The molecular formula is C20H25NO3. The van der Waals surface area contributed by atoms with Crippen LogP contribution in [0, 0.1) is 0 Å². The summed E-state index contributed by atoms with van der Waals surface area (Å²) in [5.74, 6) is 1.61. The zero-order valence-electron chi connectivity index (χ0n) is 14.4. The lowest BCUT2D eigenvalue weighted by atomic mass is 10.1. The van der Waals surface area contributed by atoms with Gasteiger partial charge in [-0.1, -0.05) is 19.1 Å². The average molecular weight is 327 g/mol. The first-order valence-electron chi connectivity index (χ1n) is 8.37. The number of hydrogen-bond acceptors (Lipinski definition) is 3. The summed E-state index contributed by atoms with van der Waals surface area (Å²) in [4.78, 5) is 12.1. The first-order chi connectivity index (χ1) is 11.7. The number of hydrogen-bond donors (Lipinski definition) is 1. The van der Waals surface area contributed by atoms with Crippen LogP contribution in [0.1, 0.15) is 35.7 Å². The molecule has 2 aromatic carbocycles. The maximum atomic E-state index is 12.1. The van der Waals surface area contributed by atoms with E-state index < -0.39 is 0 Å². The van der Waals surface area contributed by atoms with Gasteiger partial charge in [-0.3, -0.25) is 4.79 Å². The minimum atomic E-state index is -0.0531. The highest BCUT2D eigenvalue weighted by Crippen LogP contribution is 2.14. The second-order valence-corrected chi connectivity index (χ2v) is 5.58. The van der Waals surface area contributed by atoms with Crippen molar-refractivity contribution in [3.63, 3.8) is 0 Å². The monoisotopic (exact) mass is 327 g/mol. The number of amides is 1. The summed E-state index contributed by atoms with van der Waals surface area (Å²) in [5.41, 5.74) is 1.86. The lowest BCUT2D eigenvalue weighted by Crippen LogP contribution is -2.24. The highest BCUT2D eigenvalue weighted by molar-refractivity contribution is 5.94. The van der Waals surface area contributed by atoms with Gasteiger partial charge < -0.3 is 14.8 Å². The van der Waals surface area contributed by atoms with E-state index in [0.29, 0.717) is 18.7 Å². The fourth-order valence-electron chi connectivity index (χ4n) is 2.35. The molecule has 0 heterocycles. The zero-order chi connectivity index (χ0) is 17.2. The van der Waals surface area contributed by atoms with Gasteiger partial charge in [0.2, 0.25) is 0 Å². The molecule has 0 saturated carbocycles. The van der Waals surface area contributed by atoms with Crippen molar-refractivity contribution in [3.8, 4) is 11.5 Å². The molecule has 0 atom stereocenters. The largest absolute Gasteiger partial charge is 0.497 e. The highest BCUT2D eigenvalue weighted by Gasteiger charge is 2.05. The van der Waals surface area contributed by atoms with Gasteiger partial charge in [-0.2, -0.15) is 0 Å². The third kappa shape index (κ3) is 5.61. The molecule has 0 aliphatic rings. The summed E-state index contributed by atoms with van der Waals surface area (Å²) in [5, 5.41) is 2.95. The molecular weight excluding hydrogens is 302 g/mol. The molecule has 0 fully saturated rings. The average Bonchev–Trinajstić information content (AvgIpc) is 2.64. The van der Waals surface area contributed by atoms with Crippen molar-refractivity contribution in [2.45, 2.75) is 26.2 Å². The molecule has 24 heavy (non-hydrogen) atoms. The van der Waals surface area contributed by atoms with Gasteiger partial charge in [0.25, 0.3) is 5.91 Å². The van der Waals surface area contributed by atoms with Crippen LogP contribution in [0.3, 0.4) is 0 Å². The fourth-order valence-corrected chi connectivity index (χ4v) is 2.35. The van der Waals surface area contributed by atoms with Crippen molar-refractivity contribution in [1.29, 1.82) is 0 Å². The van der Waals surface area contributed by atoms with Crippen molar-refractivity contribution in [1.82, 2.24) is 5.32 Å². The van der Waals surface area contributed by atoms with Gasteiger partial charge in [-0.05, 0) is 61.2 Å². The Balaban J connectivity index is 1.74. The lowest BCUT2D eigenvalue weighted by Gasteiger charge is -2.08. The van der Waals surface area contributed by atoms with Crippen LogP contribution in [-0.2, 0) is 6.42 Å². The molecule has 0 unspecified atom stereocenters. The van der Waals surface area contributed by atoms with Gasteiger partial charge in [0.1, 0.15) is 11.5 Å². The molecule has 1 N–H and O–H groups in total. The van der Waals surface area contributed by atoms with Crippen molar-refractivity contribution in [2.75, 3.05) is 20.3 Å². The van der Waals surface area contributed by atoms with Crippen LogP contribution < -0.4 is 14.8 Å². The van der Waals surface area contributed by atoms with Gasteiger partial charge in [-0.15, -0.1) is 0 Å². The number of carbonyl (C=O) groups is 1. The Morgan fingerprint density at radius 1 is 1.08 bits per heavy atom. The number of ether oxygens (including phenoxy) is 2. The summed E-state index contributed by atoms with van der Waals surface area (Å²) in [7, 11) is 1.66. The molecule has 2 aromatic rings. The molecule has 2 rings (SSSR count). The predicted molar refractivity (Wildman–Crippen MR) is 95.9 cm³/mol. The Bertz CT molecular complexity index is 638. The van der Waals surface area contributed by atoms with Gasteiger partial charge in [0.05, 0.1) is 13.7 Å². The van der Waals surface area contributed by atoms with E-state index in [0.717, 1.165) is 30.8 Å². The maximum absolute atomic E-state index is 12.1. The number of nitrogens with one attached hydrogen (secondary N) is 1. The third-order valence-corrected chi connectivity index (χ3v) is 3.65. The predicted octanol–water partition coefficient (Wildman–Crippen LogP) is 3.85. The number of methoxy groups -OCH3 is 1. The van der Waals surface area contributed by atoms with Crippen molar-refractivity contribution in [3.05, 3.63) is 59.7 Å². The number of benzene rings is 2. The Morgan fingerprint density at radius 3 is 2.58 bits per heavy atom. The number of rotatable bonds is 9. The summed E-state index contributed by atoms with van der Waals surface area (Å²) in [6.07, 6.45) is 2.76. The van der Waals surface area contributed by atoms with Crippen LogP contribution in [0.15, 0.2) is 48.5 Å². The summed E-state index contributed by atoms with van der Waals surface area (Å²) >= 11 is 0. The van der Waals surface area contributed by atoms with Gasteiger partial charge in [0.15, 0.2) is 0 Å². The molecule has 4 nitrogen and oxygen atoms in total. The minimum Gasteiger partial charge on any atom is -0.497 e. The smallest absolute Gasteiger partial charge is 0.251 e. The Labute approximate surface area is 143 Å². The van der Waals surface area contributed by atoms with E-state index in [-0.39, 0.29) is 5.91 Å². The molecule has 0 radical (unpaired) electrons. The van der Waals surface area contributed by atoms with Gasteiger partial charge in [-0.25, -0.2) is 0 Å². The van der Waals surface area contributed by atoms with Crippen LogP contribution in [0.5, 0.6) is 11.5 Å². The van der Waals surface area contributed by atoms with Crippen LogP contribution in [0.4, 0.5) is 0 Å². The van der Waals surface area contributed by atoms with E-state index in [4.69, 9.17) is 9.47 Å². The molecule has 128 valence electrons. The quantitative estimate of drug-likeness (QED) is 0.712. The highest BCUT2D eigenvalue weighted by atomic mass is 16.5. The normalized spacial score (nSPS) is 10.2. The molecule has 4 heteroatoms. The first-order valence-corrected chi connectivity index (χ1v) is 8.37. The minimum absolute atomic E-state index is 0.0531. The van der Waals surface area contributed by atoms with Crippen molar-refractivity contribution in [2.24, 2.45) is 0 Å². The lowest BCUT2D eigenvalue weighted by molar-refractivity contribution is 0.0953. The van der Waals surface area contributed by atoms with E-state index in [2.05, 4.69) is 18.3 Å². The van der Waals surface area contributed by atoms with Gasteiger partial charge in [0, 0.05) is 12.1 Å². The van der Waals surface area contributed by atoms with E-state index in [1.54, 1.807) is 19.2 Å². The third-order valence-electron chi connectivity index (χ3n) is 3.65. The fraction of sp³-hybridized carbons (Fsp3) is 0.350. The van der Waals surface area contributed by atoms with E-state index in [1.807, 2.05) is 30.3 Å². The van der Waals surface area contributed by atoms with Crippen LogP contribution in [0.25, 0.3) is 0 Å². The van der Waals surface area contributed by atoms with E-state index in [1.165, 1.54) is 5.56 Å². The summed E-state index contributed by atoms with van der Waals surface area (Å²) in [6, 6.07) is 15.3. The van der Waals surface area contributed by atoms with E-state index >= 15 is 0 Å². The molecule has 1 amide bonds. The second kappa shape index (κ2) is 9.60. The molecule has 0 aliphatic heterocycles. The first kappa shape index (κ1) is 17.9. The molecule has 0 saturated heterocycles. The summed E-state index contributed by atoms with van der Waals surface area (Å²) in [6.45, 7) is 3.40. The number of carbonyl (C=O) groups excluding carboxylic acids is 1. The van der Waals surface area contributed by atoms with E-state index in [9.17, 15) is 4.79 Å². The summed E-state index contributed by atoms with van der Waals surface area (Å²) < 4.78 is 10.7. The molecule has 0 spiro atoms. The zero-order valence-corrected chi connectivity index (χ0v) is 14.4. The van der Waals surface area contributed by atoms with Crippen LogP contribution >= 0.6 is 0 Å². The standard InChI is InChI=1S/C20H25NO3/c1-3-14-24-18-11-9-17(10-12-18)20(22)21-13-5-7-16-6-4-8-19(15-16)23-2/h4,6,8-12,15H,3,5,7,13-14H2,1-2H3,(H,21,22). The van der Waals surface area contributed by atoms with Gasteiger partial charge >= 0.3 is 0 Å². The van der Waals surface area contributed by atoms with Crippen molar-refractivity contribution >= 4 is 5.91 Å². The van der Waals surface area contributed by atoms with Crippen LogP contribution in [-0.4, -0.2) is 26.2 Å². The topological polar surface area (TPSA) is 47.6 Å². The molecule has 0 aliphatic carbocycles. The second-order valence-electron chi connectivity index (χ2n) is 5.58.